The Balaban J connectivity index is 2.14. The van der Waals surface area contributed by atoms with Crippen LogP contribution in [0.1, 0.15) is 26.3 Å². The molecule has 0 atom stereocenters. The summed E-state index contributed by atoms with van der Waals surface area (Å²) in [5.74, 6) is -2.17. The molecule has 0 saturated heterocycles. The van der Waals surface area contributed by atoms with Gasteiger partial charge in [-0.25, -0.2) is 18.8 Å². The molecule has 7 heteroatoms. The summed E-state index contributed by atoms with van der Waals surface area (Å²) >= 11 is 0. The first-order chi connectivity index (χ1) is 16.5. The maximum absolute atomic E-state index is 15.0. The fraction of sp³-hybridized carbons (Fsp3) is 0.250. The summed E-state index contributed by atoms with van der Waals surface area (Å²) in [6.07, 6.45) is 0.305. The van der Waals surface area contributed by atoms with Crippen LogP contribution in [0, 0.1) is 11.7 Å². The van der Waals surface area contributed by atoms with E-state index in [0.717, 1.165) is 0 Å². The van der Waals surface area contributed by atoms with Gasteiger partial charge in [0.25, 0.3) is 0 Å². The van der Waals surface area contributed by atoms with Crippen molar-refractivity contribution >= 4 is 17.9 Å². The summed E-state index contributed by atoms with van der Waals surface area (Å²) in [4.78, 5) is 35.2. The molecule has 2 rings (SSSR count). The van der Waals surface area contributed by atoms with Gasteiger partial charge < -0.3 is 14.2 Å². The first kappa shape index (κ1) is 27.2. The summed E-state index contributed by atoms with van der Waals surface area (Å²) in [5.41, 5.74) is 2.38. The Morgan fingerprint density at radius 1 is 0.800 bits per heavy atom. The second kappa shape index (κ2) is 12.5. The summed E-state index contributed by atoms with van der Waals surface area (Å²) in [6.45, 7) is 15.2. The SMILES string of the molecule is C=C(C)C(=O)OCC(COC(=O)C(=C)C)Cc1ccc(-c2ccc(OC(=O)C(=C)C)cc2)c(F)c1. The normalized spacial score (nSPS) is 10.4. The van der Waals surface area contributed by atoms with Crippen LogP contribution >= 0.6 is 0 Å². The predicted octanol–water partition coefficient (Wildman–Crippen LogP) is 5.37. The lowest BCUT2D eigenvalue weighted by atomic mass is 9.97. The van der Waals surface area contributed by atoms with Crippen LogP contribution in [-0.4, -0.2) is 31.1 Å². The van der Waals surface area contributed by atoms with E-state index in [-0.39, 0.29) is 29.9 Å². The van der Waals surface area contributed by atoms with E-state index >= 15 is 0 Å². The third-order valence-electron chi connectivity index (χ3n) is 4.88. The van der Waals surface area contributed by atoms with Crippen LogP contribution < -0.4 is 4.74 Å². The van der Waals surface area contributed by atoms with E-state index in [2.05, 4.69) is 19.7 Å². The van der Waals surface area contributed by atoms with E-state index in [9.17, 15) is 18.8 Å². The fourth-order valence-electron chi connectivity index (χ4n) is 2.95. The molecule has 0 fully saturated rings. The molecule has 6 nitrogen and oxygen atoms in total. The van der Waals surface area contributed by atoms with Gasteiger partial charge in [-0.3, -0.25) is 0 Å². The van der Waals surface area contributed by atoms with Crippen molar-refractivity contribution in [1.82, 2.24) is 0 Å². The molecule has 0 aliphatic heterocycles. The highest BCUT2D eigenvalue weighted by molar-refractivity contribution is 5.89. The van der Waals surface area contributed by atoms with E-state index in [1.807, 2.05) is 0 Å². The highest BCUT2D eigenvalue weighted by Crippen LogP contribution is 2.27. The molecule has 0 aromatic heterocycles. The number of halogens is 1. The molecule has 184 valence electrons. The highest BCUT2D eigenvalue weighted by Gasteiger charge is 2.18. The molecule has 0 aliphatic carbocycles. The van der Waals surface area contributed by atoms with Gasteiger partial charge in [0.1, 0.15) is 11.6 Å². The summed E-state index contributed by atoms with van der Waals surface area (Å²) < 4.78 is 30.5. The van der Waals surface area contributed by atoms with Crippen molar-refractivity contribution in [3.63, 3.8) is 0 Å². The van der Waals surface area contributed by atoms with Crippen molar-refractivity contribution in [2.24, 2.45) is 5.92 Å². The lowest BCUT2D eigenvalue weighted by Gasteiger charge is -2.18. The number of hydrogen-bond donors (Lipinski definition) is 0. The number of esters is 3. The maximum Gasteiger partial charge on any atom is 0.338 e. The van der Waals surface area contributed by atoms with E-state index < -0.39 is 29.6 Å². The second-order valence-electron chi connectivity index (χ2n) is 8.34. The molecule has 0 unspecified atom stereocenters. The summed E-state index contributed by atoms with van der Waals surface area (Å²) in [7, 11) is 0. The van der Waals surface area contributed by atoms with Gasteiger partial charge in [-0.15, -0.1) is 0 Å². The molecule has 2 aromatic carbocycles. The number of rotatable bonds is 11. The van der Waals surface area contributed by atoms with Crippen molar-refractivity contribution in [3.8, 4) is 16.9 Å². The molecule has 0 aliphatic rings. The van der Waals surface area contributed by atoms with Gasteiger partial charge in [-0.1, -0.05) is 44.0 Å². The van der Waals surface area contributed by atoms with E-state index in [1.54, 1.807) is 43.3 Å². The Morgan fingerprint density at radius 3 is 1.77 bits per heavy atom. The molecule has 0 amide bonds. The van der Waals surface area contributed by atoms with Crippen LogP contribution in [0.5, 0.6) is 5.75 Å². The minimum absolute atomic E-state index is 0.0249. The van der Waals surface area contributed by atoms with Gasteiger partial charge in [0.2, 0.25) is 0 Å². The van der Waals surface area contributed by atoms with Crippen LogP contribution in [0.25, 0.3) is 11.1 Å². The molecule has 2 aromatic rings. The topological polar surface area (TPSA) is 78.9 Å². The molecule has 0 spiro atoms. The highest BCUT2D eigenvalue weighted by atomic mass is 19.1. The van der Waals surface area contributed by atoms with Gasteiger partial charge in [0.15, 0.2) is 0 Å². The largest absolute Gasteiger partial charge is 0.462 e. The minimum Gasteiger partial charge on any atom is -0.462 e. The van der Waals surface area contributed by atoms with Crippen molar-refractivity contribution < 1.29 is 33.0 Å². The van der Waals surface area contributed by atoms with Crippen molar-refractivity contribution in [3.05, 3.63) is 90.3 Å². The number of ether oxygens (including phenoxy) is 3. The van der Waals surface area contributed by atoms with Gasteiger partial charge in [0, 0.05) is 28.2 Å². The molecule has 0 radical (unpaired) electrons. The summed E-state index contributed by atoms with van der Waals surface area (Å²) in [6, 6.07) is 11.2. The number of carbonyl (C=O) groups excluding carboxylic acids is 3. The smallest absolute Gasteiger partial charge is 0.338 e. The zero-order valence-corrected chi connectivity index (χ0v) is 20.2. The maximum atomic E-state index is 15.0. The number of hydrogen-bond acceptors (Lipinski definition) is 6. The monoisotopic (exact) mass is 480 g/mol. The van der Waals surface area contributed by atoms with Crippen LogP contribution in [0.2, 0.25) is 0 Å². The van der Waals surface area contributed by atoms with Crippen molar-refractivity contribution in [1.29, 1.82) is 0 Å². The van der Waals surface area contributed by atoms with Gasteiger partial charge in [0.05, 0.1) is 13.2 Å². The first-order valence-electron chi connectivity index (χ1n) is 10.9. The quantitative estimate of drug-likeness (QED) is 0.244. The first-order valence-corrected chi connectivity index (χ1v) is 10.9. The lowest BCUT2D eigenvalue weighted by molar-refractivity contribution is -0.144. The van der Waals surface area contributed by atoms with E-state index in [0.29, 0.717) is 28.9 Å². The van der Waals surface area contributed by atoms with Crippen molar-refractivity contribution in [2.75, 3.05) is 13.2 Å². The second-order valence-corrected chi connectivity index (χ2v) is 8.34. The molecular weight excluding hydrogens is 451 g/mol. The Labute approximate surface area is 204 Å². The lowest BCUT2D eigenvalue weighted by Crippen LogP contribution is -2.23. The molecule has 35 heavy (non-hydrogen) atoms. The number of benzene rings is 2. The Morgan fingerprint density at radius 2 is 1.31 bits per heavy atom. The van der Waals surface area contributed by atoms with Crippen molar-refractivity contribution in [2.45, 2.75) is 27.2 Å². The molecule has 0 bridgehead atoms. The molecule has 0 saturated carbocycles. The van der Waals surface area contributed by atoms with E-state index in [1.165, 1.54) is 19.9 Å². The predicted molar refractivity (Wildman–Crippen MR) is 131 cm³/mol. The molecular formula is C28H29FO6. The van der Waals surface area contributed by atoms with Crippen LogP contribution in [0.15, 0.2) is 78.9 Å². The fourth-order valence-corrected chi connectivity index (χ4v) is 2.95. The Kier molecular flexibility index (Phi) is 9.70. The van der Waals surface area contributed by atoms with Gasteiger partial charge in [-0.05, 0) is 56.5 Å². The number of carbonyl (C=O) groups is 3. The van der Waals surface area contributed by atoms with Crippen LogP contribution in [0.3, 0.4) is 0 Å². The average molecular weight is 481 g/mol. The average Bonchev–Trinajstić information content (AvgIpc) is 2.80. The third-order valence-corrected chi connectivity index (χ3v) is 4.88. The standard InChI is InChI=1S/C28H29FO6/c1-17(2)26(30)33-15-21(16-34-27(31)18(3)4)13-20-7-12-24(25(29)14-20)22-8-10-23(11-9-22)35-28(32)19(5)6/h7-12,14,21H,1,3,5,13,15-16H2,2,4,6H3. The molecule has 0 heterocycles. The zero-order chi connectivity index (χ0) is 26.1. The van der Waals surface area contributed by atoms with Crippen LogP contribution in [-0.2, 0) is 30.3 Å². The van der Waals surface area contributed by atoms with E-state index in [4.69, 9.17) is 14.2 Å². The van der Waals surface area contributed by atoms with Gasteiger partial charge >= 0.3 is 17.9 Å². The minimum atomic E-state index is -0.555. The zero-order valence-electron chi connectivity index (χ0n) is 20.2. The summed E-state index contributed by atoms with van der Waals surface area (Å²) in [5, 5.41) is 0. The Bertz CT molecular complexity index is 1120. The third kappa shape index (κ3) is 8.37. The molecule has 0 N–H and O–H groups in total. The van der Waals surface area contributed by atoms with Crippen LogP contribution in [0.4, 0.5) is 4.39 Å². The van der Waals surface area contributed by atoms with Gasteiger partial charge in [-0.2, -0.15) is 0 Å². The Hall–Kier alpha value is -4.00.